The minimum atomic E-state index is -0.379. The summed E-state index contributed by atoms with van der Waals surface area (Å²) in [7, 11) is 0. The third-order valence-corrected chi connectivity index (χ3v) is 4.25. The predicted octanol–water partition coefficient (Wildman–Crippen LogP) is 2.71. The molecule has 0 saturated carbocycles. The van der Waals surface area contributed by atoms with Crippen LogP contribution in [0, 0.1) is 11.8 Å². The Morgan fingerprint density at radius 1 is 1.48 bits per heavy atom. The second-order valence-electron chi connectivity index (χ2n) is 5.88. The molecule has 1 aromatic rings. The number of nitrogen functional groups attached to an aromatic ring is 1. The van der Waals surface area contributed by atoms with Gasteiger partial charge in [0.2, 0.25) is 0 Å². The molecule has 1 aromatic heterocycles. The average Bonchev–Trinajstić information content (AvgIpc) is 2.48. The largest absolute Gasteiger partial charge is 0.462 e. The zero-order valence-corrected chi connectivity index (χ0v) is 13.1. The summed E-state index contributed by atoms with van der Waals surface area (Å²) < 4.78 is 5.03. The van der Waals surface area contributed by atoms with Crippen molar-refractivity contribution < 1.29 is 9.53 Å². The number of aromatic nitrogens is 1. The monoisotopic (exact) mass is 291 g/mol. The quantitative estimate of drug-likeness (QED) is 0.864. The Morgan fingerprint density at radius 3 is 2.71 bits per heavy atom. The van der Waals surface area contributed by atoms with Gasteiger partial charge >= 0.3 is 5.97 Å². The van der Waals surface area contributed by atoms with E-state index in [0.29, 0.717) is 29.6 Å². The van der Waals surface area contributed by atoms with E-state index in [1.165, 1.54) is 0 Å². The van der Waals surface area contributed by atoms with Gasteiger partial charge in [0.25, 0.3) is 0 Å². The number of hydrogen-bond acceptors (Lipinski definition) is 5. The maximum Gasteiger partial charge on any atom is 0.340 e. The molecule has 1 aliphatic heterocycles. The van der Waals surface area contributed by atoms with Crippen molar-refractivity contribution in [2.75, 3.05) is 30.3 Å². The molecule has 21 heavy (non-hydrogen) atoms. The lowest BCUT2D eigenvalue weighted by Gasteiger charge is -2.35. The Hall–Kier alpha value is -1.78. The van der Waals surface area contributed by atoms with E-state index in [-0.39, 0.29) is 5.97 Å². The van der Waals surface area contributed by atoms with Crippen LogP contribution in [-0.2, 0) is 4.74 Å². The van der Waals surface area contributed by atoms with E-state index in [1.54, 1.807) is 19.2 Å². The molecule has 1 aliphatic rings. The third kappa shape index (κ3) is 3.46. The molecule has 2 N–H and O–H groups in total. The highest BCUT2D eigenvalue weighted by Gasteiger charge is 2.25. The molecule has 0 aliphatic carbocycles. The van der Waals surface area contributed by atoms with Gasteiger partial charge in [0.05, 0.1) is 17.9 Å². The first kappa shape index (κ1) is 15.6. The molecule has 0 spiro atoms. The van der Waals surface area contributed by atoms with Gasteiger partial charge in [0.15, 0.2) is 5.82 Å². The first-order valence-electron chi connectivity index (χ1n) is 7.71. The molecule has 0 radical (unpaired) electrons. The van der Waals surface area contributed by atoms with Crippen LogP contribution in [0.4, 0.5) is 11.5 Å². The molecule has 1 fully saturated rings. The number of nitrogens with zero attached hydrogens (tertiary/aromatic N) is 2. The Bertz CT molecular complexity index is 494. The molecule has 5 nitrogen and oxygen atoms in total. The van der Waals surface area contributed by atoms with Gasteiger partial charge in [-0.25, -0.2) is 9.78 Å². The van der Waals surface area contributed by atoms with Gasteiger partial charge in [-0.15, -0.1) is 0 Å². The van der Waals surface area contributed by atoms with Crippen LogP contribution in [0.3, 0.4) is 0 Å². The molecular weight excluding hydrogens is 266 g/mol. The van der Waals surface area contributed by atoms with E-state index in [9.17, 15) is 4.79 Å². The number of carbonyl (C=O) groups excluding carboxylic acids is 1. The zero-order chi connectivity index (χ0) is 15.4. The van der Waals surface area contributed by atoms with Gasteiger partial charge < -0.3 is 15.4 Å². The van der Waals surface area contributed by atoms with Crippen LogP contribution >= 0.6 is 0 Å². The summed E-state index contributed by atoms with van der Waals surface area (Å²) in [5.41, 5.74) is 6.97. The molecule has 2 heterocycles. The second-order valence-corrected chi connectivity index (χ2v) is 5.88. The van der Waals surface area contributed by atoms with Crippen LogP contribution in [-0.4, -0.2) is 30.6 Å². The third-order valence-electron chi connectivity index (χ3n) is 4.25. The highest BCUT2D eigenvalue weighted by Crippen LogP contribution is 2.31. The van der Waals surface area contributed by atoms with E-state index >= 15 is 0 Å². The maximum atomic E-state index is 11.9. The Morgan fingerprint density at radius 2 is 2.14 bits per heavy atom. The van der Waals surface area contributed by atoms with Gasteiger partial charge in [-0.3, -0.25) is 0 Å². The van der Waals surface area contributed by atoms with Gasteiger partial charge in [-0.05, 0) is 37.7 Å². The molecule has 0 aromatic carbocycles. The van der Waals surface area contributed by atoms with Crippen molar-refractivity contribution in [3.8, 4) is 0 Å². The number of nitrogens with two attached hydrogens (primary N) is 1. The van der Waals surface area contributed by atoms with Crippen molar-refractivity contribution in [3.05, 3.63) is 17.8 Å². The number of rotatable bonds is 4. The van der Waals surface area contributed by atoms with E-state index < -0.39 is 0 Å². The fourth-order valence-corrected chi connectivity index (χ4v) is 2.88. The first-order valence-corrected chi connectivity index (χ1v) is 7.71. The molecule has 0 unspecified atom stereocenters. The maximum absolute atomic E-state index is 11.9. The summed E-state index contributed by atoms with van der Waals surface area (Å²) in [6, 6.07) is 1.62. The molecule has 0 bridgehead atoms. The van der Waals surface area contributed by atoms with Gasteiger partial charge in [0.1, 0.15) is 0 Å². The van der Waals surface area contributed by atoms with Crippen molar-refractivity contribution >= 4 is 17.5 Å². The van der Waals surface area contributed by atoms with Crippen LogP contribution in [0.1, 0.15) is 44.0 Å². The highest BCUT2D eigenvalue weighted by atomic mass is 16.5. The second kappa shape index (κ2) is 6.78. The Balaban J connectivity index is 2.14. The van der Waals surface area contributed by atoms with E-state index in [4.69, 9.17) is 10.5 Å². The summed E-state index contributed by atoms with van der Waals surface area (Å²) >= 11 is 0. The van der Waals surface area contributed by atoms with Crippen molar-refractivity contribution in [2.24, 2.45) is 11.8 Å². The summed E-state index contributed by atoms with van der Waals surface area (Å²) in [5, 5.41) is 0. The van der Waals surface area contributed by atoms with Crippen LogP contribution in [0.15, 0.2) is 12.3 Å². The lowest BCUT2D eigenvalue weighted by Crippen LogP contribution is -2.36. The summed E-state index contributed by atoms with van der Waals surface area (Å²) in [6.45, 7) is 8.55. The highest BCUT2D eigenvalue weighted by molar-refractivity contribution is 5.97. The molecule has 0 amide bonds. The first-order chi connectivity index (χ1) is 10.0. The van der Waals surface area contributed by atoms with Gasteiger partial charge in [-0.2, -0.15) is 0 Å². The summed E-state index contributed by atoms with van der Waals surface area (Å²) in [5.74, 6) is 1.80. The van der Waals surface area contributed by atoms with Crippen LogP contribution < -0.4 is 10.6 Å². The Labute approximate surface area is 126 Å². The predicted molar refractivity (Wildman–Crippen MR) is 84.4 cm³/mol. The Kier molecular flexibility index (Phi) is 5.04. The fourth-order valence-electron chi connectivity index (χ4n) is 2.88. The number of piperidine rings is 1. The number of anilines is 2. The summed E-state index contributed by atoms with van der Waals surface area (Å²) in [4.78, 5) is 18.4. The number of pyridine rings is 1. The molecule has 5 heteroatoms. The molecule has 1 saturated heterocycles. The van der Waals surface area contributed by atoms with E-state index in [0.717, 1.165) is 31.8 Å². The number of ether oxygens (including phenoxy) is 1. The van der Waals surface area contributed by atoms with Crippen molar-refractivity contribution in [1.82, 2.24) is 4.98 Å². The number of esters is 1. The van der Waals surface area contributed by atoms with E-state index in [2.05, 4.69) is 23.7 Å². The molecule has 0 atom stereocenters. The van der Waals surface area contributed by atoms with Crippen LogP contribution in [0.25, 0.3) is 0 Å². The number of hydrogen-bond donors (Lipinski definition) is 1. The lowest BCUT2D eigenvalue weighted by atomic mass is 9.87. The average molecular weight is 291 g/mol. The zero-order valence-electron chi connectivity index (χ0n) is 13.1. The minimum Gasteiger partial charge on any atom is -0.462 e. The van der Waals surface area contributed by atoms with Gasteiger partial charge in [0, 0.05) is 19.3 Å². The topological polar surface area (TPSA) is 68.5 Å². The van der Waals surface area contributed by atoms with Crippen LogP contribution in [0.2, 0.25) is 0 Å². The normalized spacial score (nSPS) is 16.3. The van der Waals surface area contributed by atoms with Crippen molar-refractivity contribution in [2.45, 2.75) is 33.6 Å². The molecule has 116 valence electrons. The molecular formula is C16H25N3O2. The summed E-state index contributed by atoms with van der Waals surface area (Å²) in [6.07, 6.45) is 3.91. The minimum absolute atomic E-state index is 0.343. The van der Waals surface area contributed by atoms with E-state index in [1.807, 2.05) is 0 Å². The van der Waals surface area contributed by atoms with Crippen molar-refractivity contribution in [3.63, 3.8) is 0 Å². The molecule has 2 rings (SSSR count). The van der Waals surface area contributed by atoms with Crippen molar-refractivity contribution in [1.29, 1.82) is 0 Å². The lowest BCUT2D eigenvalue weighted by molar-refractivity contribution is 0.0527. The van der Waals surface area contributed by atoms with Crippen LogP contribution in [0.5, 0.6) is 0 Å². The van der Waals surface area contributed by atoms with Gasteiger partial charge in [-0.1, -0.05) is 13.8 Å². The standard InChI is InChI=1S/C16H25N3O2/c1-4-21-16(20)13-5-8-18-15(14(13)17)19-9-6-12(7-10-19)11(2)3/h5,8,11-12H,4,6-7,9-10,17H2,1-3H3. The number of carbonyl (C=O) groups is 1. The fraction of sp³-hybridized carbons (Fsp3) is 0.625. The smallest absolute Gasteiger partial charge is 0.340 e. The SMILES string of the molecule is CCOC(=O)c1ccnc(N2CCC(C(C)C)CC2)c1N.